The zero-order chi connectivity index (χ0) is 28.7. The van der Waals surface area contributed by atoms with E-state index >= 15 is 0 Å². The van der Waals surface area contributed by atoms with Crippen LogP contribution in [0.15, 0.2) is 60.9 Å². The van der Waals surface area contributed by atoms with Gasteiger partial charge in [0.15, 0.2) is 0 Å². The Morgan fingerprint density at radius 3 is 2.05 bits per heavy atom. The summed E-state index contributed by atoms with van der Waals surface area (Å²) in [6.07, 6.45) is 6.26. The van der Waals surface area contributed by atoms with Crippen molar-refractivity contribution in [2.24, 2.45) is 11.8 Å². The van der Waals surface area contributed by atoms with Crippen molar-refractivity contribution in [3.63, 3.8) is 0 Å². The molecule has 2 amide bonds. The third-order valence-electron chi connectivity index (χ3n) is 8.51. The molecule has 2 aliphatic rings. The Balaban J connectivity index is 1.20. The lowest BCUT2D eigenvalue weighted by molar-refractivity contribution is -0.139. The molecule has 2 fully saturated rings. The highest BCUT2D eigenvalue weighted by Crippen LogP contribution is 2.50. The molecule has 212 valence electrons. The Kier molecular flexibility index (Phi) is 7.11. The van der Waals surface area contributed by atoms with Crippen LogP contribution in [0, 0.1) is 18.8 Å². The van der Waals surface area contributed by atoms with E-state index in [0.717, 1.165) is 64.6 Å². The van der Waals surface area contributed by atoms with E-state index in [9.17, 15) is 9.59 Å². The van der Waals surface area contributed by atoms with Crippen molar-refractivity contribution in [2.45, 2.75) is 58.2 Å². The number of benzene rings is 2. The van der Waals surface area contributed by atoms with Crippen LogP contribution in [0.4, 0.5) is 4.79 Å². The van der Waals surface area contributed by atoms with Gasteiger partial charge in [0, 0.05) is 29.6 Å². The van der Waals surface area contributed by atoms with E-state index in [1.54, 1.807) is 0 Å². The molecule has 0 spiro atoms. The highest BCUT2D eigenvalue weighted by molar-refractivity contribution is 5.87. The maximum atomic E-state index is 13.8. The minimum absolute atomic E-state index is 0.0710. The molecule has 6 rings (SSSR count). The first-order chi connectivity index (χ1) is 19.8. The van der Waals surface area contributed by atoms with Gasteiger partial charge in [-0.25, -0.2) is 14.8 Å². The summed E-state index contributed by atoms with van der Waals surface area (Å²) < 4.78 is 4.79. The Bertz CT molecular complexity index is 1540. The molecule has 9 heteroatoms. The molecule has 0 unspecified atom stereocenters. The summed E-state index contributed by atoms with van der Waals surface area (Å²) >= 11 is 0. The van der Waals surface area contributed by atoms with Gasteiger partial charge >= 0.3 is 6.09 Å². The smallest absolute Gasteiger partial charge is 0.407 e. The summed E-state index contributed by atoms with van der Waals surface area (Å²) in [6, 6.07) is 16.2. The number of amides is 2. The van der Waals surface area contributed by atoms with E-state index in [-0.39, 0.29) is 23.9 Å². The van der Waals surface area contributed by atoms with Crippen LogP contribution in [0.3, 0.4) is 0 Å². The zero-order valence-corrected chi connectivity index (χ0v) is 23.8. The number of fused-ring (bicyclic) bond motifs is 2. The molecule has 2 bridgehead atoms. The van der Waals surface area contributed by atoms with Crippen LogP contribution in [-0.4, -0.2) is 56.0 Å². The Morgan fingerprint density at radius 2 is 1.49 bits per heavy atom. The molecule has 4 aromatic rings. The van der Waals surface area contributed by atoms with Gasteiger partial charge in [-0.1, -0.05) is 62.4 Å². The monoisotopic (exact) mass is 552 g/mol. The highest BCUT2D eigenvalue weighted by atomic mass is 16.5. The first kappa shape index (κ1) is 26.8. The van der Waals surface area contributed by atoms with Gasteiger partial charge in [-0.3, -0.25) is 4.79 Å². The molecule has 0 radical (unpaired) electrons. The number of carbonyl (C=O) groups is 2. The molecule has 1 saturated heterocycles. The third-order valence-corrected chi connectivity index (χ3v) is 8.51. The number of alkyl carbamates (subject to hydrolysis) is 1. The number of methoxy groups -OCH3 is 1. The number of ether oxygens (including phenoxy) is 1. The number of hydrogen-bond acceptors (Lipinski definition) is 5. The number of aromatic amines is 2. The van der Waals surface area contributed by atoms with Crippen molar-refractivity contribution in [2.75, 3.05) is 7.11 Å². The van der Waals surface area contributed by atoms with E-state index < -0.39 is 12.1 Å². The number of rotatable bonds is 7. The van der Waals surface area contributed by atoms with Crippen LogP contribution in [0.5, 0.6) is 0 Å². The largest absolute Gasteiger partial charge is 0.453 e. The molecule has 9 nitrogen and oxygen atoms in total. The van der Waals surface area contributed by atoms with Crippen molar-refractivity contribution in [1.29, 1.82) is 0 Å². The molecule has 3 N–H and O–H groups in total. The Hall–Kier alpha value is -4.40. The minimum atomic E-state index is -0.649. The number of hydrogen-bond donors (Lipinski definition) is 3. The van der Waals surface area contributed by atoms with Crippen LogP contribution in [0.25, 0.3) is 33.6 Å². The summed E-state index contributed by atoms with van der Waals surface area (Å²) in [5, 5.41) is 2.75. The fraction of sp³-hybridized carbons (Fsp3) is 0.375. The van der Waals surface area contributed by atoms with E-state index in [2.05, 4.69) is 68.8 Å². The van der Waals surface area contributed by atoms with Crippen LogP contribution < -0.4 is 5.32 Å². The maximum absolute atomic E-state index is 13.8. The SMILES string of the molecule is COC(=O)N[C@H](C(=O)N1[C@@H]2CC[C@@H](C2)[C@H]1c1nc(-c2ccc(-c3ccc(-c4c[nH]c(C)n4)cc3)cc2)c[nH]1)C(C)C. The van der Waals surface area contributed by atoms with E-state index in [1.807, 2.05) is 38.1 Å². The van der Waals surface area contributed by atoms with Gasteiger partial charge in [-0.05, 0) is 49.1 Å². The van der Waals surface area contributed by atoms with E-state index in [0.29, 0.717) is 5.92 Å². The van der Waals surface area contributed by atoms with Crippen LogP contribution in [0.1, 0.15) is 50.8 Å². The molecular formula is C32H36N6O3. The molecular weight excluding hydrogens is 516 g/mol. The first-order valence-corrected chi connectivity index (χ1v) is 14.3. The summed E-state index contributed by atoms with van der Waals surface area (Å²) in [7, 11) is 1.31. The van der Waals surface area contributed by atoms with Gasteiger partial charge in [0.05, 0.1) is 24.5 Å². The van der Waals surface area contributed by atoms with Crippen molar-refractivity contribution < 1.29 is 14.3 Å². The van der Waals surface area contributed by atoms with Crippen LogP contribution >= 0.6 is 0 Å². The molecule has 1 aliphatic carbocycles. The van der Waals surface area contributed by atoms with Gasteiger partial charge in [-0.15, -0.1) is 0 Å². The molecule has 1 saturated carbocycles. The standard InChI is InChI=1S/C32H36N6O3/c1-18(2)28(37-32(40)41-4)31(39)38-25-14-13-24(15-25)29(38)30-34-17-27(36-30)23-11-7-21(8-12-23)20-5-9-22(10-6-20)26-16-33-19(3)35-26/h5-12,16-18,24-25,28-29H,13-15H2,1-4H3,(H,33,35)(H,34,36)(H,37,40)/t24-,25+,28-,29-/m0/s1. The summed E-state index contributed by atoms with van der Waals surface area (Å²) in [5.41, 5.74) is 6.12. The lowest BCUT2D eigenvalue weighted by Gasteiger charge is -2.37. The van der Waals surface area contributed by atoms with Gasteiger partial charge < -0.3 is 24.9 Å². The predicted octanol–water partition coefficient (Wildman–Crippen LogP) is 5.87. The average Bonchev–Trinajstić information content (AvgIpc) is 3.80. The average molecular weight is 553 g/mol. The Morgan fingerprint density at radius 1 is 0.902 bits per heavy atom. The van der Waals surface area contributed by atoms with Crippen molar-refractivity contribution in [3.8, 4) is 33.6 Å². The third kappa shape index (κ3) is 5.12. The second-order valence-corrected chi connectivity index (χ2v) is 11.5. The topological polar surface area (TPSA) is 116 Å². The summed E-state index contributed by atoms with van der Waals surface area (Å²) in [5.74, 6) is 1.91. The van der Waals surface area contributed by atoms with Crippen molar-refractivity contribution >= 4 is 12.0 Å². The number of nitrogens with one attached hydrogen (secondary N) is 3. The second kappa shape index (κ2) is 10.9. The Labute approximate surface area is 239 Å². The number of likely N-dealkylation sites (tertiary alicyclic amines) is 1. The number of imidazole rings is 2. The number of aryl methyl sites for hydroxylation is 1. The van der Waals surface area contributed by atoms with Gasteiger partial charge in [0.1, 0.15) is 17.7 Å². The van der Waals surface area contributed by atoms with Crippen molar-refractivity contribution in [3.05, 3.63) is 72.6 Å². The van der Waals surface area contributed by atoms with Crippen LogP contribution in [0.2, 0.25) is 0 Å². The van der Waals surface area contributed by atoms with Gasteiger partial charge in [-0.2, -0.15) is 0 Å². The molecule has 3 heterocycles. The number of piperidine rings is 1. The molecule has 2 aromatic heterocycles. The van der Waals surface area contributed by atoms with Gasteiger partial charge in [0.25, 0.3) is 0 Å². The lowest BCUT2D eigenvalue weighted by Crippen LogP contribution is -2.54. The van der Waals surface area contributed by atoms with E-state index in [1.165, 1.54) is 7.11 Å². The van der Waals surface area contributed by atoms with Crippen LogP contribution in [-0.2, 0) is 9.53 Å². The van der Waals surface area contributed by atoms with Crippen molar-refractivity contribution in [1.82, 2.24) is 30.2 Å². The zero-order valence-electron chi connectivity index (χ0n) is 23.8. The molecule has 41 heavy (non-hydrogen) atoms. The number of H-pyrrole nitrogens is 2. The van der Waals surface area contributed by atoms with E-state index in [4.69, 9.17) is 9.72 Å². The normalized spacial score (nSPS) is 20.4. The van der Waals surface area contributed by atoms with Gasteiger partial charge in [0.2, 0.25) is 5.91 Å². The second-order valence-electron chi connectivity index (χ2n) is 11.5. The molecule has 1 aliphatic heterocycles. The fourth-order valence-corrected chi connectivity index (χ4v) is 6.39. The number of carbonyl (C=O) groups excluding carboxylic acids is 2. The predicted molar refractivity (Wildman–Crippen MR) is 157 cm³/mol. The quantitative estimate of drug-likeness (QED) is 0.265. The first-order valence-electron chi connectivity index (χ1n) is 14.3. The summed E-state index contributed by atoms with van der Waals surface area (Å²) in [6.45, 7) is 5.82. The number of nitrogens with zero attached hydrogens (tertiary/aromatic N) is 3. The summed E-state index contributed by atoms with van der Waals surface area (Å²) in [4.78, 5) is 43.7. The lowest BCUT2D eigenvalue weighted by atomic mass is 9.95. The minimum Gasteiger partial charge on any atom is -0.453 e. The molecule has 4 atom stereocenters. The highest BCUT2D eigenvalue weighted by Gasteiger charge is 2.51. The maximum Gasteiger partial charge on any atom is 0.407 e. The fourth-order valence-electron chi connectivity index (χ4n) is 6.39. The number of aromatic nitrogens is 4. The molecule has 2 aromatic carbocycles.